The fraction of sp³-hybridized carbons (Fsp3) is 0.385. The predicted molar refractivity (Wildman–Crippen MR) is 74.0 cm³/mol. The molecule has 0 amide bonds. The van der Waals surface area contributed by atoms with E-state index in [2.05, 4.69) is 27.9 Å². The van der Waals surface area contributed by atoms with Crippen LogP contribution in [-0.4, -0.2) is 13.0 Å². The number of nitrogens with one attached hydrogen (secondary N) is 1. The van der Waals surface area contributed by atoms with Crippen LogP contribution >= 0.6 is 22.6 Å². The fourth-order valence-corrected chi connectivity index (χ4v) is 2.96. The van der Waals surface area contributed by atoms with Crippen LogP contribution in [0, 0.1) is 3.57 Å². The molecule has 18 heavy (non-hydrogen) atoms. The van der Waals surface area contributed by atoms with Crippen LogP contribution in [0.2, 0.25) is 0 Å². The molecule has 0 saturated carbocycles. The summed E-state index contributed by atoms with van der Waals surface area (Å²) in [6.07, 6.45) is -1.76. The minimum Gasteiger partial charge on any atom is -0.459 e. The summed E-state index contributed by atoms with van der Waals surface area (Å²) in [5.74, 6) is 0.390. The highest BCUT2D eigenvalue weighted by molar-refractivity contribution is 14.1. The Balaban J connectivity index is 2.27. The van der Waals surface area contributed by atoms with E-state index in [0.29, 0.717) is 17.9 Å². The highest BCUT2D eigenvalue weighted by Crippen LogP contribution is 2.39. The number of hydrogen-bond acceptors (Lipinski definition) is 2. The molecule has 2 heterocycles. The fourth-order valence-electron chi connectivity index (χ4n) is 2.50. The molecular weight excluding hydrogens is 351 g/mol. The topological polar surface area (TPSA) is 25.2 Å². The lowest BCUT2D eigenvalue weighted by atomic mass is 9.89. The van der Waals surface area contributed by atoms with E-state index in [9.17, 15) is 8.78 Å². The summed E-state index contributed by atoms with van der Waals surface area (Å²) in [5, 5.41) is 3.84. The zero-order valence-corrected chi connectivity index (χ0v) is 11.9. The maximum Gasteiger partial charge on any atom is 0.263 e. The van der Waals surface area contributed by atoms with Crippen LogP contribution in [0.3, 0.4) is 0 Å². The zero-order valence-electron chi connectivity index (χ0n) is 9.77. The maximum atomic E-state index is 13.3. The second-order valence-corrected chi connectivity index (χ2v) is 5.98. The highest BCUT2D eigenvalue weighted by Gasteiger charge is 2.44. The summed E-state index contributed by atoms with van der Waals surface area (Å²) in [4.78, 5) is 0. The average molecular weight is 363 g/mol. The van der Waals surface area contributed by atoms with Gasteiger partial charge in [0.15, 0.2) is 0 Å². The molecule has 0 fully saturated rings. The predicted octanol–water partition coefficient (Wildman–Crippen LogP) is 3.66. The summed E-state index contributed by atoms with van der Waals surface area (Å²) >= 11 is 2.19. The van der Waals surface area contributed by atoms with Crippen molar-refractivity contribution in [2.75, 3.05) is 6.54 Å². The van der Waals surface area contributed by atoms with Gasteiger partial charge in [-0.25, -0.2) is 8.78 Å². The smallest absolute Gasteiger partial charge is 0.263 e. The van der Waals surface area contributed by atoms with Crippen LogP contribution in [0.15, 0.2) is 22.6 Å². The minimum absolute atomic E-state index is 0.390. The third kappa shape index (κ3) is 1.67. The van der Waals surface area contributed by atoms with Crippen LogP contribution in [0.1, 0.15) is 18.2 Å². The molecule has 0 radical (unpaired) electrons. The first-order valence-electron chi connectivity index (χ1n) is 5.77. The van der Waals surface area contributed by atoms with Gasteiger partial charge in [-0.3, -0.25) is 5.32 Å². The van der Waals surface area contributed by atoms with Crippen molar-refractivity contribution >= 4 is 33.6 Å². The number of rotatable bonds is 1. The highest BCUT2D eigenvalue weighted by atomic mass is 127. The van der Waals surface area contributed by atoms with Gasteiger partial charge >= 0.3 is 0 Å². The van der Waals surface area contributed by atoms with Crippen LogP contribution in [-0.2, 0) is 12.0 Å². The van der Waals surface area contributed by atoms with Crippen molar-refractivity contribution in [1.29, 1.82) is 0 Å². The average Bonchev–Trinajstić information content (AvgIpc) is 2.68. The van der Waals surface area contributed by atoms with Gasteiger partial charge in [0.25, 0.3) is 6.43 Å². The maximum absolute atomic E-state index is 13.3. The van der Waals surface area contributed by atoms with Crippen molar-refractivity contribution < 1.29 is 13.2 Å². The second kappa shape index (κ2) is 4.16. The van der Waals surface area contributed by atoms with Crippen molar-refractivity contribution in [2.45, 2.75) is 25.3 Å². The first kappa shape index (κ1) is 12.3. The summed E-state index contributed by atoms with van der Waals surface area (Å²) in [6.45, 7) is 2.05. The molecule has 0 saturated heterocycles. The normalized spacial score (nSPS) is 23.6. The van der Waals surface area contributed by atoms with E-state index in [1.165, 1.54) is 6.92 Å². The Kier molecular flexibility index (Phi) is 2.85. The van der Waals surface area contributed by atoms with Gasteiger partial charge in [0.2, 0.25) is 0 Å². The van der Waals surface area contributed by atoms with Gasteiger partial charge in [0, 0.05) is 21.1 Å². The molecule has 1 aromatic carbocycles. The minimum atomic E-state index is -2.49. The van der Waals surface area contributed by atoms with Crippen molar-refractivity contribution in [3.8, 4) is 0 Å². The molecule has 5 heteroatoms. The Morgan fingerprint density at radius 1 is 1.44 bits per heavy atom. The molecule has 1 unspecified atom stereocenters. The van der Waals surface area contributed by atoms with Crippen molar-refractivity contribution in [1.82, 2.24) is 5.32 Å². The Bertz CT molecular complexity index is 610. The molecular formula is C13H12F2INO. The molecule has 0 spiro atoms. The van der Waals surface area contributed by atoms with Gasteiger partial charge in [-0.1, -0.05) is 0 Å². The molecule has 1 aliphatic rings. The molecule has 96 valence electrons. The number of furan rings is 1. The molecule has 1 aromatic heterocycles. The first-order valence-corrected chi connectivity index (χ1v) is 6.85. The SMILES string of the molecule is CC1(C(F)F)NCCc2c1oc1cc(I)ccc21. The van der Waals surface area contributed by atoms with Gasteiger partial charge in [0.05, 0.1) is 0 Å². The third-order valence-electron chi connectivity index (χ3n) is 3.53. The van der Waals surface area contributed by atoms with Crippen molar-refractivity contribution in [3.63, 3.8) is 0 Å². The van der Waals surface area contributed by atoms with Gasteiger partial charge in [0.1, 0.15) is 16.9 Å². The summed E-state index contributed by atoms with van der Waals surface area (Å²) in [7, 11) is 0. The van der Waals surface area contributed by atoms with Gasteiger partial charge in [-0.15, -0.1) is 0 Å². The molecule has 0 bridgehead atoms. The van der Waals surface area contributed by atoms with Gasteiger partial charge < -0.3 is 4.42 Å². The monoisotopic (exact) mass is 363 g/mol. The molecule has 0 aliphatic carbocycles. The van der Waals surface area contributed by atoms with E-state index in [1.54, 1.807) is 0 Å². The van der Waals surface area contributed by atoms with E-state index >= 15 is 0 Å². The van der Waals surface area contributed by atoms with Crippen LogP contribution in [0.5, 0.6) is 0 Å². The number of fused-ring (bicyclic) bond motifs is 3. The molecule has 1 atom stereocenters. The van der Waals surface area contributed by atoms with Crippen molar-refractivity contribution in [3.05, 3.63) is 33.1 Å². The van der Waals surface area contributed by atoms with E-state index in [0.717, 1.165) is 20.9 Å². The van der Waals surface area contributed by atoms with E-state index < -0.39 is 12.0 Å². The lowest BCUT2D eigenvalue weighted by Crippen LogP contribution is -2.49. The zero-order chi connectivity index (χ0) is 12.9. The van der Waals surface area contributed by atoms with E-state index in [1.807, 2.05) is 18.2 Å². The lowest BCUT2D eigenvalue weighted by Gasteiger charge is -2.32. The molecule has 1 N–H and O–H groups in total. The number of alkyl halides is 2. The number of hydrogen-bond donors (Lipinski definition) is 1. The van der Waals surface area contributed by atoms with Crippen LogP contribution in [0.4, 0.5) is 8.78 Å². The molecule has 2 nitrogen and oxygen atoms in total. The first-order chi connectivity index (χ1) is 8.52. The van der Waals surface area contributed by atoms with E-state index in [4.69, 9.17) is 4.42 Å². The standard InChI is InChI=1S/C13H12F2INO/c1-13(12(14)15)11-9(4-5-17-13)8-3-2-7(16)6-10(8)18-11/h2-3,6,12,17H,4-5H2,1H3. The Morgan fingerprint density at radius 2 is 2.22 bits per heavy atom. The second-order valence-electron chi connectivity index (χ2n) is 4.73. The van der Waals surface area contributed by atoms with E-state index in [-0.39, 0.29) is 0 Å². The number of benzene rings is 1. The summed E-state index contributed by atoms with van der Waals surface area (Å²) < 4.78 is 33.3. The Labute approximate surface area is 117 Å². The summed E-state index contributed by atoms with van der Waals surface area (Å²) in [6, 6.07) is 5.82. The summed E-state index contributed by atoms with van der Waals surface area (Å²) in [5.41, 5.74) is 0.239. The van der Waals surface area contributed by atoms with Gasteiger partial charge in [-0.2, -0.15) is 0 Å². The molecule has 2 aromatic rings. The third-order valence-corrected chi connectivity index (χ3v) is 4.20. The van der Waals surface area contributed by atoms with Crippen LogP contribution < -0.4 is 5.32 Å². The molecule has 1 aliphatic heterocycles. The quantitative estimate of drug-likeness (QED) is 0.783. The number of halogens is 3. The largest absolute Gasteiger partial charge is 0.459 e. The molecule has 3 rings (SSSR count). The van der Waals surface area contributed by atoms with Gasteiger partial charge in [-0.05, 0) is 54.1 Å². The van der Waals surface area contributed by atoms with Crippen LogP contribution in [0.25, 0.3) is 11.0 Å². The lowest BCUT2D eigenvalue weighted by molar-refractivity contribution is 0.0220. The van der Waals surface area contributed by atoms with Crippen molar-refractivity contribution in [2.24, 2.45) is 0 Å². The Morgan fingerprint density at radius 3 is 2.94 bits per heavy atom. The Hall–Kier alpha value is -0.690.